The Morgan fingerprint density at radius 3 is 2.93 bits per heavy atom. The van der Waals surface area contributed by atoms with Gasteiger partial charge in [0.15, 0.2) is 0 Å². The maximum atomic E-state index is 6.13. The molecule has 1 atom stereocenters. The Bertz CT molecular complexity index is 495. The average molecular weight is 336 g/mol. The Morgan fingerprint density at radius 2 is 2.27 bits per heavy atom. The normalized spacial score (nSPS) is 13.3. The summed E-state index contributed by atoms with van der Waals surface area (Å²) < 4.78 is 1.06. The van der Waals surface area contributed by atoms with Gasteiger partial charge in [-0.25, -0.2) is 9.97 Å². The van der Waals surface area contributed by atoms with Crippen molar-refractivity contribution in [1.29, 1.82) is 0 Å². The highest BCUT2D eigenvalue weighted by Crippen LogP contribution is 2.27. The van der Waals surface area contributed by atoms with Gasteiger partial charge in [0, 0.05) is 15.7 Å². The van der Waals surface area contributed by atoms with Crippen LogP contribution in [0.25, 0.3) is 11.0 Å². The summed E-state index contributed by atoms with van der Waals surface area (Å²) in [4.78, 5) is 11.9. The van der Waals surface area contributed by atoms with Crippen LogP contribution in [0.1, 0.15) is 32.0 Å². The lowest BCUT2D eigenvalue weighted by atomic mass is 10.1. The molecule has 0 spiro atoms. The van der Waals surface area contributed by atoms with Crippen molar-refractivity contribution in [1.82, 2.24) is 15.0 Å². The van der Waals surface area contributed by atoms with Crippen molar-refractivity contribution in [2.75, 3.05) is 0 Å². The van der Waals surface area contributed by atoms with Gasteiger partial charge in [0.05, 0.1) is 5.39 Å². The van der Waals surface area contributed by atoms with Crippen LogP contribution in [0.2, 0.25) is 5.15 Å². The molecule has 0 amide bonds. The molecule has 0 saturated heterocycles. The van der Waals surface area contributed by atoms with Crippen molar-refractivity contribution >= 4 is 45.2 Å². The molecular formula is C10H11ClIN3. The quantitative estimate of drug-likeness (QED) is 0.671. The van der Waals surface area contributed by atoms with Crippen molar-refractivity contribution in [3.8, 4) is 0 Å². The number of nitrogens with one attached hydrogen (secondary N) is 1. The average Bonchev–Trinajstić information content (AvgIpc) is 2.59. The highest BCUT2D eigenvalue weighted by Gasteiger charge is 2.13. The summed E-state index contributed by atoms with van der Waals surface area (Å²) >= 11 is 8.36. The number of aromatic amines is 1. The van der Waals surface area contributed by atoms with Gasteiger partial charge in [-0.2, -0.15) is 0 Å². The fourth-order valence-electron chi connectivity index (χ4n) is 1.37. The smallest absolute Gasteiger partial charge is 0.143 e. The maximum Gasteiger partial charge on any atom is 0.143 e. The molecule has 0 aliphatic heterocycles. The van der Waals surface area contributed by atoms with E-state index in [0.29, 0.717) is 11.1 Å². The highest BCUT2D eigenvalue weighted by molar-refractivity contribution is 14.1. The molecule has 2 aromatic heterocycles. The summed E-state index contributed by atoms with van der Waals surface area (Å²) in [5.41, 5.74) is 0.828. The van der Waals surface area contributed by atoms with Crippen LogP contribution in [0.4, 0.5) is 0 Å². The Kier molecular flexibility index (Phi) is 3.16. The van der Waals surface area contributed by atoms with Crippen LogP contribution >= 0.6 is 34.2 Å². The topological polar surface area (TPSA) is 41.6 Å². The fourth-order valence-corrected chi connectivity index (χ4v) is 2.48. The van der Waals surface area contributed by atoms with Gasteiger partial charge in [0.1, 0.15) is 16.6 Å². The number of H-pyrrole nitrogens is 1. The van der Waals surface area contributed by atoms with E-state index in [1.165, 1.54) is 0 Å². The van der Waals surface area contributed by atoms with Crippen molar-refractivity contribution in [2.45, 2.75) is 26.2 Å². The summed E-state index contributed by atoms with van der Waals surface area (Å²) in [6.45, 7) is 4.22. The molecule has 2 heterocycles. The Hall–Kier alpha value is -0.360. The lowest BCUT2D eigenvalue weighted by molar-refractivity contribution is 0.682. The van der Waals surface area contributed by atoms with Crippen LogP contribution < -0.4 is 0 Å². The second kappa shape index (κ2) is 4.25. The zero-order valence-corrected chi connectivity index (χ0v) is 11.4. The highest BCUT2D eigenvalue weighted by atomic mass is 127. The Morgan fingerprint density at radius 1 is 1.53 bits per heavy atom. The predicted molar refractivity (Wildman–Crippen MR) is 70.3 cm³/mol. The molecule has 0 bridgehead atoms. The first kappa shape index (κ1) is 11.1. The van der Waals surface area contributed by atoms with E-state index in [-0.39, 0.29) is 0 Å². The van der Waals surface area contributed by atoms with Crippen LogP contribution in [0.5, 0.6) is 0 Å². The number of hydrogen-bond acceptors (Lipinski definition) is 2. The van der Waals surface area contributed by atoms with Crippen LogP contribution in [0, 0.1) is 3.57 Å². The number of halogens is 2. The van der Waals surface area contributed by atoms with Gasteiger partial charge in [-0.05, 0) is 29.0 Å². The molecular weight excluding hydrogens is 324 g/mol. The molecule has 0 saturated carbocycles. The second-order valence-electron chi connectivity index (χ2n) is 3.54. The van der Waals surface area contributed by atoms with E-state index >= 15 is 0 Å². The molecule has 0 aliphatic carbocycles. The van der Waals surface area contributed by atoms with E-state index in [1.807, 2.05) is 6.20 Å². The van der Waals surface area contributed by atoms with Crippen LogP contribution in [0.15, 0.2) is 6.20 Å². The zero-order chi connectivity index (χ0) is 11.0. The van der Waals surface area contributed by atoms with E-state index in [2.05, 4.69) is 51.4 Å². The Balaban J connectivity index is 2.63. The lowest BCUT2D eigenvalue weighted by Gasteiger charge is -2.07. The predicted octanol–water partition coefficient (Wildman–Crippen LogP) is 3.73. The number of hydrogen-bond donors (Lipinski definition) is 1. The third-order valence-electron chi connectivity index (χ3n) is 2.51. The largest absolute Gasteiger partial charge is 0.345 e. The lowest BCUT2D eigenvalue weighted by Crippen LogP contribution is -2.00. The molecule has 1 N–H and O–H groups in total. The van der Waals surface area contributed by atoms with Crippen LogP contribution in [-0.4, -0.2) is 15.0 Å². The number of aromatic nitrogens is 3. The first-order valence-electron chi connectivity index (χ1n) is 4.83. The van der Waals surface area contributed by atoms with Gasteiger partial charge in [-0.15, -0.1) is 0 Å². The summed E-state index contributed by atoms with van der Waals surface area (Å²) in [6.07, 6.45) is 2.91. The summed E-state index contributed by atoms with van der Waals surface area (Å²) in [5, 5.41) is 1.46. The third kappa shape index (κ3) is 1.97. The second-order valence-corrected chi connectivity index (χ2v) is 5.06. The van der Waals surface area contributed by atoms with E-state index in [9.17, 15) is 0 Å². The minimum absolute atomic E-state index is 0.341. The number of fused-ring (bicyclic) bond motifs is 1. The molecule has 0 aromatic carbocycles. The zero-order valence-electron chi connectivity index (χ0n) is 8.51. The van der Waals surface area contributed by atoms with Gasteiger partial charge in [0.2, 0.25) is 0 Å². The molecule has 15 heavy (non-hydrogen) atoms. The molecule has 80 valence electrons. The molecule has 3 nitrogen and oxygen atoms in total. The van der Waals surface area contributed by atoms with Crippen LogP contribution in [0.3, 0.4) is 0 Å². The van der Waals surface area contributed by atoms with Gasteiger partial charge >= 0.3 is 0 Å². The summed E-state index contributed by atoms with van der Waals surface area (Å²) in [6, 6.07) is 0. The fraction of sp³-hybridized carbons (Fsp3) is 0.400. The first-order valence-corrected chi connectivity index (χ1v) is 6.29. The minimum Gasteiger partial charge on any atom is -0.345 e. The van der Waals surface area contributed by atoms with Gasteiger partial charge in [0.25, 0.3) is 0 Å². The van der Waals surface area contributed by atoms with Gasteiger partial charge < -0.3 is 4.98 Å². The van der Waals surface area contributed by atoms with Crippen molar-refractivity contribution in [2.24, 2.45) is 0 Å². The monoisotopic (exact) mass is 335 g/mol. The standard InChI is InChI=1S/C10H11ClIN3/c1-3-5(2)9-14-8(11)7-6(12)4-13-10(7)15-9/h4-5H,3H2,1-2H3,(H,13,14,15). The number of nitrogens with zero attached hydrogens (tertiary/aromatic N) is 2. The van der Waals surface area contributed by atoms with Crippen molar-refractivity contribution in [3.63, 3.8) is 0 Å². The van der Waals surface area contributed by atoms with Crippen molar-refractivity contribution < 1.29 is 0 Å². The van der Waals surface area contributed by atoms with E-state index in [0.717, 1.165) is 26.8 Å². The van der Waals surface area contributed by atoms with E-state index < -0.39 is 0 Å². The maximum absolute atomic E-state index is 6.13. The summed E-state index contributed by atoms with van der Waals surface area (Å²) in [5.74, 6) is 1.15. The third-order valence-corrected chi connectivity index (χ3v) is 3.63. The van der Waals surface area contributed by atoms with Gasteiger partial charge in [-0.1, -0.05) is 25.4 Å². The molecule has 2 aromatic rings. The van der Waals surface area contributed by atoms with Gasteiger partial charge in [-0.3, -0.25) is 0 Å². The molecule has 0 aliphatic rings. The first-order chi connectivity index (χ1) is 7.13. The SMILES string of the molecule is CCC(C)c1nc(Cl)c2c(I)c[nH]c2n1. The minimum atomic E-state index is 0.341. The summed E-state index contributed by atoms with van der Waals surface area (Å²) in [7, 11) is 0. The number of rotatable bonds is 2. The van der Waals surface area contributed by atoms with E-state index in [4.69, 9.17) is 11.6 Å². The molecule has 0 fully saturated rings. The van der Waals surface area contributed by atoms with E-state index in [1.54, 1.807) is 0 Å². The molecule has 5 heteroatoms. The molecule has 1 unspecified atom stereocenters. The van der Waals surface area contributed by atoms with Crippen molar-refractivity contribution in [3.05, 3.63) is 20.7 Å². The van der Waals surface area contributed by atoms with Crippen LogP contribution in [-0.2, 0) is 0 Å². The molecule has 2 rings (SSSR count). The molecule has 0 radical (unpaired) electrons. The Labute approximate surface area is 107 Å².